The largest absolute Gasteiger partial charge is 0.443 e. The first-order chi connectivity index (χ1) is 11.4. The van der Waals surface area contributed by atoms with Crippen LogP contribution in [0.1, 0.15) is 62.2 Å². The standard InChI is InChI=1S/C17H28N4O3/c1-5-12(3)19-17(23)18-10-14-20-15(13(4)24-14)16(22)21-8-6-11(2)7-9-21/h11-12H,5-10H2,1-4H3,(H2,18,19,23)/t12-/m1/s1. The second kappa shape index (κ2) is 8.17. The Balaban J connectivity index is 1.92. The molecule has 0 bridgehead atoms. The first-order valence-electron chi connectivity index (χ1n) is 8.70. The zero-order valence-electron chi connectivity index (χ0n) is 15.0. The molecule has 1 saturated heterocycles. The second-order valence-electron chi connectivity index (χ2n) is 6.62. The molecule has 7 nitrogen and oxygen atoms in total. The van der Waals surface area contributed by atoms with E-state index < -0.39 is 0 Å². The normalized spacial score (nSPS) is 16.8. The molecule has 1 aliphatic heterocycles. The van der Waals surface area contributed by atoms with E-state index in [9.17, 15) is 9.59 Å². The minimum atomic E-state index is -0.266. The van der Waals surface area contributed by atoms with Gasteiger partial charge in [-0.05, 0) is 39.0 Å². The molecule has 0 radical (unpaired) electrons. The highest BCUT2D eigenvalue weighted by atomic mass is 16.4. The van der Waals surface area contributed by atoms with Gasteiger partial charge >= 0.3 is 6.03 Å². The van der Waals surface area contributed by atoms with Crippen LogP contribution in [0.2, 0.25) is 0 Å². The lowest BCUT2D eigenvalue weighted by atomic mass is 9.99. The molecule has 2 heterocycles. The Morgan fingerprint density at radius 3 is 2.67 bits per heavy atom. The molecule has 3 amide bonds. The van der Waals surface area contributed by atoms with Crippen molar-refractivity contribution in [2.75, 3.05) is 13.1 Å². The number of nitrogens with zero attached hydrogens (tertiary/aromatic N) is 2. The summed E-state index contributed by atoms with van der Waals surface area (Å²) >= 11 is 0. The van der Waals surface area contributed by atoms with Gasteiger partial charge in [0.1, 0.15) is 5.76 Å². The van der Waals surface area contributed by atoms with Crippen LogP contribution >= 0.6 is 0 Å². The Hall–Kier alpha value is -2.05. The second-order valence-corrected chi connectivity index (χ2v) is 6.62. The van der Waals surface area contributed by atoms with Gasteiger partial charge in [0, 0.05) is 19.1 Å². The maximum Gasteiger partial charge on any atom is 0.315 e. The van der Waals surface area contributed by atoms with E-state index in [4.69, 9.17) is 4.42 Å². The fourth-order valence-corrected chi connectivity index (χ4v) is 2.62. The first kappa shape index (κ1) is 18.3. The highest BCUT2D eigenvalue weighted by Crippen LogP contribution is 2.19. The Kier molecular flexibility index (Phi) is 6.23. The van der Waals surface area contributed by atoms with Gasteiger partial charge < -0.3 is 20.0 Å². The third-order valence-corrected chi connectivity index (χ3v) is 4.50. The lowest BCUT2D eigenvalue weighted by Gasteiger charge is -2.29. The molecule has 0 unspecified atom stereocenters. The summed E-state index contributed by atoms with van der Waals surface area (Å²) in [6.45, 7) is 9.56. The summed E-state index contributed by atoms with van der Waals surface area (Å²) in [6, 6.07) is -0.159. The van der Waals surface area contributed by atoms with Crippen molar-refractivity contribution in [2.45, 2.75) is 59.5 Å². The Morgan fingerprint density at radius 2 is 2.04 bits per heavy atom. The summed E-state index contributed by atoms with van der Waals surface area (Å²) in [4.78, 5) is 30.4. The van der Waals surface area contributed by atoms with Crippen LogP contribution in [-0.2, 0) is 6.54 Å². The zero-order valence-corrected chi connectivity index (χ0v) is 15.0. The molecule has 2 N–H and O–H groups in total. The van der Waals surface area contributed by atoms with E-state index in [1.54, 1.807) is 6.92 Å². The molecule has 24 heavy (non-hydrogen) atoms. The van der Waals surface area contributed by atoms with Crippen molar-refractivity contribution in [3.8, 4) is 0 Å². The number of carbonyl (C=O) groups is 2. The number of hydrogen-bond acceptors (Lipinski definition) is 4. The number of piperidine rings is 1. The lowest BCUT2D eigenvalue weighted by molar-refractivity contribution is 0.0690. The first-order valence-corrected chi connectivity index (χ1v) is 8.70. The number of carbonyl (C=O) groups excluding carboxylic acids is 2. The van der Waals surface area contributed by atoms with Crippen molar-refractivity contribution in [1.82, 2.24) is 20.5 Å². The van der Waals surface area contributed by atoms with Gasteiger partial charge in [0.2, 0.25) is 5.89 Å². The average molecular weight is 336 g/mol. The van der Waals surface area contributed by atoms with Crippen LogP contribution in [0, 0.1) is 12.8 Å². The van der Waals surface area contributed by atoms with Gasteiger partial charge in [0.15, 0.2) is 5.69 Å². The Morgan fingerprint density at radius 1 is 1.38 bits per heavy atom. The fourth-order valence-electron chi connectivity index (χ4n) is 2.62. The van der Waals surface area contributed by atoms with Gasteiger partial charge in [-0.15, -0.1) is 0 Å². The third kappa shape index (κ3) is 4.72. The maximum atomic E-state index is 12.6. The number of aromatic nitrogens is 1. The predicted molar refractivity (Wildman–Crippen MR) is 90.7 cm³/mol. The molecule has 1 atom stereocenters. The number of hydrogen-bond donors (Lipinski definition) is 2. The van der Waals surface area contributed by atoms with Gasteiger partial charge in [0.05, 0.1) is 6.54 Å². The van der Waals surface area contributed by atoms with Crippen molar-refractivity contribution >= 4 is 11.9 Å². The number of nitrogens with one attached hydrogen (secondary N) is 2. The van der Waals surface area contributed by atoms with E-state index in [1.807, 2.05) is 18.7 Å². The molecule has 1 aromatic rings. The third-order valence-electron chi connectivity index (χ3n) is 4.50. The molecular weight excluding hydrogens is 308 g/mol. The van der Waals surface area contributed by atoms with Crippen LogP contribution in [0.4, 0.5) is 4.79 Å². The van der Waals surface area contributed by atoms with E-state index in [0.717, 1.165) is 32.4 Å². The molecule has 0 saturated carbocycles. The van der Waals surface area contributed by atoms with E-state index >= 15 is 0 Å². The number of rotatable bonds is 5. The van der Waals surface area contributed by atoms with Crippen molar-refractivity contribution in [2.24, 2.45) is 5.92 Å². The number of oxazole rings is 1. The highest BCUT2D eigenvalue weighted by molar-refractivity contribution is 5.93. The van der Waals surface area contributed by atoms with Gasteiger partial charge in [-0.1, -0.05) is 13.8 Å². The van der Waals surface area contributed by atoms with Crippen LogP contribution < -0.4 is 10.6 Å². The summed E-state index contributed by atoms with van der Waals surface area (Å²) in [6.07, 6.45) is 2.90. The van der Waals surface area contributed by atoms with Crippen LogP contribution in [0.25, 0.3) is 0 Å². The fraction of sp³-hybridized carbons (Fsp3) is 0.706. The highest BCUT2D eigenvalue weighted by Gasteiger charge is 2.26. The van der Waals surface area contributed by atoms with Crippen molar-refractivity contribution in [3.63, 3.8) is 0 Å². The maximum absolute atomic E-state index is 12.6. The summed E-state index contributed by atoms with van der Waals surface area (Å²) in [5.74, 6) is 1.42. The molecular formula is C17H28N4O3. The van der Waals surface area contributed by atoms with Crippen LogP contribution in [0.3, 0.4) is 0 Å². The van der Waals surface area contributed by atoms with Gasteiger partial charge in [0.25, 0.3) is 5.91 Å². The molecule has 7 heteroatoms. The van der Waals surface area contributed by atoms with E-state index in [0.29, 0.717) is 23.3 Å². The Labute approximate surface area is 143 Å². The van der Waals surface area contributed by atoms with Gasteiger partial charge in [-0.3, -0.25) is 4.79 Å². The molecule has 1 aliphatic rings. The minimum Gasteiger partial charge on any atom is -0.443 e. The van der Waals surface area contributed by atoms with E-state index in [1.165, 1.54) is 0 Å². The number of amides is 3. The number of urea groups is 1. The molecule has 0 aliphatic carbocycles. The molecule has 1 aromatic heterocycles. The monoisotopic (exact) mass is 336 g/mol. The summed E-state index contributed by atoms with van der Waals surface area (Å²) in [5.41, 5.74) is 0.351. The average Bonchev–Trinajstić information content (AvgIpc) is 2.93. The SMILES string of the molecule is CC[C@@H](C)NC(=O)NCc1nc(C(=O)N2CCC(C)CC2)c(C)o1. The van der Waals surface area contributed by atoms with Crippen LogP contribution in [-0.4, -0.2) is 41.0 Å². The quantitative estimate of drug-likeness (QED) is 0.864. The van der Waals surface area contributed by atoms with Gasteiger partial charge in [-0.25, -0.2) is 9.78 Å². The summed E-state index contributed by atoms with van der Waals surface area (Å²) in [7, 11) is 0. The molecule has 1 fully saturated rings. The minimum absolute atomic E-state index is 0.0848. The predicted octanol–water partition coefficient (Wildman–Crippen LogP) is 2.45. The van der Waals surface area contributed by atoms with E-state index in [-0.39, 0.29) is 24.5 Å². The topological polar surface area (TPSA) is 87.5 Å². The summed E-state index contributed by atoms with van der Waals surface area (Å²) in [5, 5.41) is 5.50. The molecule has 0 spiro atoms. The Bertz CT molecular complexity index is 576. The summed E-state index contributed by atoms with van der Waals surface area (Å²) < 4.78 is 5.53. The van der Waals surface area contributed by atoms with Crippen molar-refractivity contribution in [1.29, 1.82) is 0 Å². The number of aryl methyl sites for hydroxylation is 1. The zero-order chi connectivity index (χ0) is 17.7. The number of likely N-dealkylation sites (tertiary alicyclic amines) is 1. The van der Waals surface area contributed by atoms with Crippen LogP contribution in [0.5, 0.6) is 0 Å². The lowest BCUT2D eigenvalue weighted by Crippen LogP contribution is -2.40. The van der Waals surface area contributed by atoms with Crippen LogP contribution in [0.15, 0.2) is 4.42 Å². The van der Waals surface area contributed by atoms with Crippen molar-refractivity contribution in [3.05, 3.63) is 17.3 Å². The smallest absolute Gasteiger partial charge is 0.315 e. The molecule has 0 aromatic carbocycles. The molecule has 134 valence electrons. The van der Waals surface area contributed by atoms with E-state index in [2.05, 4.69) is 22.5 Å². The molecule has 2 rings (SSSR count). The van der Waals surface area contributed by atoms with Gasteiger partial charge in [-0.2, -0.15) is 0 Å². The van der Waals surface area contributed by atoms with Crippen molar-refractivity contribution < 1.29 is 14.0 Å².